The smallest absolute Gasteiger partial charge is 0.381 e. The van der Waals surface area contributed by atoms with Crippen molar-refractivity contribution in [1.82, 2.24) is 4.57 Å². The number of hydrogen-bond donors (Lipinski definition) is 0. The number of alkyl halides is 3. The zero-order chi connectivity index (χ0) is 13.2. The number of aryl methyl sites for hydroxylation is 1. The molecular weight excluding hydrogens is 247 g/mol. The van der Waals surface area contributed by atoms with Crippen molar-refractivity contribution in [2.24, 2.45) is 5.92 Å². The van der Waals surface area contributed by atoms with Crippen LogP contribution in [-0.4, -0.2) is 17.8 Å². The third-order valence-corrected chi connectivity index (χ3v) is 3.13. The van der Waals surface area contributed by atoms with Gasteiger partial charge in [-0.1, -0.05) is 0 Å². The van der Waals surface area contributed by atoms with Gasteiger partial charge in [-0.2, -0.15) is 13.2 Å². The number of ether oxygens (including phenoxy) is 1. The minimum Gasteiger partial charge on any atom is -0.381 e. The predicted molar refractivity (Wildman–Crippen MR) is 59.2 cm³/mol. The van der Waals surface area contributed by atoms with Crippen LogP contribution in [0.3, 0.4) is 0 Å². The van der Waals surface area contributed by atoms with E-state index in [-0.39, 0.29) is 0 Å². The molecule has 1 aliphatic rings. The van der Waals surface area contributed by atoms with E-state index in [9.17, 15) is 18.0 Å². The highest BCUT2D eigenvalue weighted by molar-refractivity contribution is 5.13. The molecule has 1 saturated heterocycles. The fourth-order valence-electron chi connectivity index (χ4n) is 2.06. The molecule has 1 aliphatic heterocycles. The van der Waals surface area contributed by atoms with Gasteiger partial charge in [0.05, 0.1) is 0 Å². The molecule has 3 nitrogen and oxygen atoms in total. The lowest BCUT2D eigenvalue weighted by Crippen LogP contribution is -2.28. The fourth-order valence-corrected chi connectivity index (χ4v) is 2.06. The average molecular weight is 261 g/mol. The maximum Gasteiger partial charge on any atom is 0.421 e. The molecule has 0 aromatic carbocycles. The Hall–Kier alpha value is -1.30. The highest BCUT2D eigenvalue weighted by Gasteiger charge is 2.34. The number of aromatic nitrogens is 1. The first-order chi connectivity index (χ1) is 8.48. The first-order valence-electron chi connectivity index (χ1n) is 5.83. The highest BCUT2D eigenvalue weighted by Crippen LogP contribution is 2.26. The van der Waals surface area contributed by atoms with E-state index < -0.39 is 17.3 Å². The second-order valence-electron chi connectivity index (χ2n) is 4.44. The Bertz CT molecular complexity index is 461. The molecule has 0 radical (unpaired) electrons. The quantitative estimate of drug-likeness (QED) is 0.836. The van der Waals surface area contributed by atoms with Gasteiger partial charge in [0.2, 0.25) is 0 Å². The second kappa shape index (κ2) is 5.14. The Morgan fingerprint density at radius 1 is 1.44 bits per heavy atom. The van der Waals surface area contributed by atoms with Gasteiger partial charge in [0.15, 0.2) is 0 Å². The van der Waals surface area contributed by atoms with Crippen molar-refractivity contribution in [2.45, 2.75) is 25.6 Å². The van der Waals surface area contributed by atoms with Gasteiger partial charge in [-0.3, -0.25) is 4.79 Å². The van der Waals surface area contributed by atoms with E-state index in [0.717, 1.165) is 17.1 Å². The van der Waals surface area contributed by atoms with E-state index >= 15 is 0 Å². The highest BCUT2D eigenvalue weighted by atomic mass is 19.4. The van der Waals surface area contributed by atoms with Crippen molar-refractivity contribution in [3.63, 3.8) is 0 Å². The van der Waals surface area contributed by atoms with Gasteiger partial charge in [-0.25, -0.2) is 0 Å². The Labute approximate surface area is 102 Å². The minimum atomic E-state index is -4.59. The second-order valence-corrected chi connectivity index (χ2v) is 4.44. The van der Waals surface area contributed by atoms with Crippen LogP contribution in [0.15, 0.2) is 23.1 Å². The van der Waals surface area contributed by atoms with Crippen LogP contribution in [0, 0.1) is 5.92 Å². The molecule has 18 heavy (non-hydrogen) atoms. The molecule has 6 heteroatoms. The summed E-state index contributed by atoms with van der Waals surface area (Å²) in [5, 5.41) is 0. The third-order valence-electron chi connectivity index (χ3n) is 3.13. The van der Waals surface area contributed by atoms with Crippen molar-refractivity contribution in [1.29, 1.82) is 0 Å². The molecule has 2 heterocycles. The first-order valence-corrected chi connectivity index (χ1v) is 5.83. The van der Waals surface area contributed by atoms with Gasteiger partial charge in [-0.15, -0.1) is 0 Å². The molecule has 100 valence electrons. The molecule has 1 atom stereocenters. The number of nitrogens with zero attached hydrogens (tertiary/aromatic N) is 1. The lowest BCUT2D eigenvalue weighted by Gasteiger charge is -2.12. The maximum atomic E-state index is 12.5. The van der Waals surface area contributed by atoms with E-state index in [2.05, 4.69) is 0 Å². The van der Waals surface area contributed by atoms with Crippen LogP contribution < -0.4 is 5.56 Å². The van der Waals surface area contributed by atoms with E-state index in [1.165, 1.54) is 12.3 Å². The van der Waals surface area contributed by atoms with Gasteiger partial charge in [0.1, 0.15) is 5.56 Å². The summed E-state index contributed by atoms with van der Waals surface area (Å²) in [6.45, 7) is 1.63. The van der Waals surface area contributed by atoms with Crippen molar-refractivity contribution < 1.29 is 17.9 Å². The van der Waals surface area contributed by atoms with Crippen molar-refractivity contribution in [3.05, 3.63) is 34.2 Å². The van der Waals surface area contributed by atoms with Gasteiger partial charge < -0.3 is 9.30 Å². The van der Waals surface area contributed by atoms with Crippen LogP contribution in [0.1, 0.15) is 18.4 Å². The van der Waals surface area contributed by atoms with Crippen LogP contribution in [0.4, 0.5) is 13.2 Å². The Morgan fingerprint density at radius 3 is 2.83 bits per heavy atom. The SMILES string of the molecule is O=c1c(C(F)(F)F)cccn1CCC1CCOC1. The Morgan fingerprint density at radius 2 is 2.22 bits per heavy atom. The van der Waals surface area contributed by atoms with Gasteiger partial charge in [-0.05, 0) is 30.9 Å². The largest absolute Gasteiger partial charge is 0.421 e. The summed E-state index contributed by atoms with van der Waals surface area (Å²) in [5.74, 6) is 0.339. The molecule has 0 saturated carbocycles. The van der Waals surface area contributed by atoms with E-state index in [1.807, 2.05) is 0 Å². The molecule has 1 aromatic rings. The zero-order valence-electron chi connectivity index (χ0n) is 9.74. The van der Waals surface area contributed by atoms with Gasteiger partial charge >= 0.3 is 6.18 Å². The summed E-state index contributed by atoms with van der Waals surface area (Å²) >= 11 is 0. The molecular formula is C12H14F3NO2. The summed E-state index contributed by atoms with van der Waals surface area (Å²) < 4.78 is 43.9. The van der Waals surface area contributed by atoms with Crippen molar-refractivity contribution in [3.8, 4) is 0 Å². The zero-order valence-corrected chi connectivity index (χ0v) is 9.74. The Kier molecular flexibility index (Phi) is 3.75. The lowest BCUT2D eigenvalue weighted by atomic mass is 10.1. The Balaban J connectivity index is 2.11. The molecule has 0 N–H and O–H groups in total. The van der Waals surface area contributed by atoms with Crippen LogP contribution in [0.2, 0.25) is 0 Å². The van der Waals surface area contributed by atoms with Crippen LogP contribution in [-0.2, 0) is 17.5 Å². The molecule has 2 rings (SSSR count). The molecule has 0 spiro atoms. The summed E-state index contributed by atoms with van der Waals surface area (Å²) in [4.78, 5) is 11.6. The monoisotopic (exact) mass is 261 g/mol. The minimum absolute atomic E-state index is 0.302. The van der Waals surface area contributed by atoms with Crippen molar-refractivity contribution in [2.75, 3.05) is 13.2 Å². The van der Waals surface area contributed by atoms with Crippen LogP contribution in [0.25, 0.3) is 0 Å². The van der Waals surface area contributed by atoms with Gasteiger partial charge in [0.25, 0.3) is 5.56 Å². The van der Waals surface area contributed by atoms with E-state index in [0.29, 0.717) is 32.1 Å². The molecule has 0 amide bonds. The average Bonchev–Trinajstić information content (AvgIpc) is 2.79. The topological polar surface area (TPSA) is 31.2 Å². The molecule has 1 unspecified atom stereocenters. The maximum absolute atomic E-state index is 12.5. The molecule has 1 aromatic heterocycles. The van der Waals surface area contributed by atoms with Crippen LogP contribution in [0.5, 0.6) is 0 Å². The molecule has 1 fully saturated rings. The summed E-state index contributed by atoms with van der Waals surface area (Å²) in [7, 11) is 0. The fraction of sp³-hybridized carbons (Fsp3) is 0.583. The number of hydrogen-bond acceptors (Lipinski definition) is 2. The normalized spacial score (nSPS) is 20.3. The van der Waals surface area contributed by atoms with E-state index in [1.54, 1.807) is 0 Å². The third kappa shape index (κ3) is 2.93. The number of pyridine rings is 1. The number of halogens is 3. The summed E-state index contributed by atoms with van der Waals surface area (Å²) in [6, 6.07) is 2.08. The summed E-state index contributed by atoms with van der Waals surface area (Å²) in [6.07, 6.45) is -1.61. The molecule has 0 aliphatic carbocycles. The predicted octanol–water partition coefficient (Wildman–Crippen LogP) is 2.29. The van der Waals surface area contributed by atoms with E-state index in [4.69, 9.17) is 4.74 Å². The standard InChI is InChI=1S/C12H14F3NO2/c13-12(14,15)10-2-1-5-16(11(10)17)6-3-9-4-7-18-8-9/h1-2,5,9H,3-4,6-8H2. The lowest BCUT2D eigenvalue weighted by molar-refractivity contribution is -0.139. The molecule has 0 bridgehead atoms. The first kappa shape index (κ1) is 13.1. The summed E-state index contributed by atoms with van der Waals surface area (Å²) in [5.41, 5.74) is -2.07. The van der Waals surface area contributed by atoms with Crippen LogP contribution >= 0.6 is 0 Å². The number of rotatable bonds is 3. The van der Waals surface area contributed by atoms with Crippen molar-refractivity contribution >= 4 is 0 Å². The van der Waals surface area contributed by atoms with Gasteiger partial charge in [0, 0.05) is 26.0 Å².